The van der Waals surface area contributed by atoms with Gasteiger partial charge in [0, 0.05) is 25.7 Å². The van der Waals surface area contributed by atoms with Crippen molar-refractivity contribution < 1.29 is 4.74 Å². The Hall–Kier alpha value is -0.120. The molecule has 94 valence electrons. The first-order valence-electron chi connectivity index (χ1n) is 6.83. The van der Waals surface area contributed by atoms with Crippen molar-refractivity contribution in [3.05, 3.63) is 0 Å². The summed E-state index contributed by atoms with van der Waals surface area (Å²) in [6, 6.07) is 0.558. The molecule has 0 amide bonds. The standard InChI is InChI=1S/C13H26N2O/c1-11-4-2-6-15(9-11)13(8-14)12-5-3-7-16-10-12/h11-13H,2-10,14H2,1H3. The van der Waals surface area contributed by atoms with Crippen LogP contribution >= 0.6 is 0 Å². The van der Waals surface area contributed by atoms with E-state index >= 15 is 0 Å². The van der Waals surface area contributed by atoms with Crippen molar-refractivity contribution in [1.82, 2.24) is 4.90 Å². The molecule has 2 rings (SSSR count). The average molecular weight is 226 g/mol. The molecule has 0 bridgehead atoms. The lowest BCUT2D eigenvalue weighted by Gasteiger charge is -2.41. The SMILES string of the molecule is CC1CCCN(C(CN)C2CCCOC2)C1. The van der Waals surface area contributed by atoms with Crippen LogP contribution in [0, 0.1) is 11.8 Å². The van der Waals surface area contributed by atoms with Gasteiger partial charge in [0.1, 0.15) is 0 Å². The minimum absolute atomic E-state index is 0.558. The van der Waals surface area contributed by atoms with E-state index in [1.807, 2.05) is 0 Å². The van der Waals surface area contributed by atoms with Gasteiger partial charge in [0.15, 0.2) is 0 Å². The molecule has 3 unspecified atom stereocenters. The molecule has 0 aromatic heterocycles. The molecule has 2 N–H and O–H groups in total. The van der Waals surface area contributed by atoms with Crippen molar-refractivity contribution in [2.45, 2.75) is 38.6 Å². The van der Waals surface area contributed by atoms with E-state index in [-0.39, 0.29) is 0 Å². The molecule has 2 saturated heterocycles. The van der Waals surface area contributed by atoms with E-state index < -0.39 is 0 Å². The molecule has 0 spiro atoms. The molecule has 0 saturated carbocycles. The Morgan fingerprint density at radius 2 is 2.25 bits per heavy atom. The Morgan fingerprint density at radius 1 is 1.38 bits per heavy atom. The smallest absolute Gasteiger partial charge is 0.0509 e. The summed E-state index contributed by atoms with van der Waals surface area (Å²) in [5.74, 6) is 1.51. The first-order chi connectivity index (χ1) is 7.81. The Kier molecular flexibility index (Phi) is 4.62. The number of rotatable bonds is 3. The second-order valence-electron chi connectivity index (χ2n) is 5.52. The third-order valence-electron chi connectivity index (χ3n) is 4.14. The van der Waals surface area contributed by atoms with Gasteiger partial charge in [-0.05, 0) is 44.1 Å². The van der Waals surface area contributed by atoms with E-state index in [9.17, 15) is 0 Å². The van der Waals surface area contributed by atoms with Crippen LogP contribution in [0.25, 0.3) is 0 Å². The fourth-order valence-electron chi connectivity index (χ4n) is 3.24. The zero-order valence-corrected chi connectivity index (χ0v) is 10.5. The predicted molar refractivity (Wildman–Crippen MR) is 66.4 cm³/mol. The van der Waals surface area contributed by atoms with Crippen molar-refractivity contribution in [3.63, 3.8) is 0 Å². The molecule has 2 heterocycles. The molecule has 3 atom stereocenters. The van der Waals surface area contributed by atoms with Crippen LogP contribution in [0.1, 0.15) is 32.6 Å². The van der Waals surface area contributed by atoms with Gasteiger partial charge in [-0.25, -0.2) is 0 Å². The molecule has 0 radical (unpaired) electrons. The van der Waals surface area contributed by atoms with Crippen molar-refractivity contribution in [1.29, 1.82) is 0 Å². The maximum absolute atomic E-state index is 5.98. The number of hydrogen-bond acceptors (Lipinski definition) is 3. The molecule has 0 aromatic carbocycles. The van der Waals surface area contributed by atoms with E-state index in [0.29, 0.717) is 12.0 Å². The summed E-state index contributed by atoms with van der Waals surface area (Å²) in [6.45, 7) is 7.50. The van der Waals surface area contributed by atoms with Crippen molar-refractivity contribution in [2.75, 3.05) is 32.8 Å². The van der Waals surface area contributed by atoms with Crippen LogP contribution in [0.5, 0.6) is 0 Å². The van der Waals surface area contributed by atoms with Crippen LogP contribution in [-0.4, -0.2) is 43.8 Å². The average Bonchev–Trinajstić information content (AvgIpc) is 2.31. The van der Waals surface area contributed by atoms with E-state index in [1.54, 1.807) is 0 Å². The first kappa shape index (κ1) is 12.3. The van der Waals surface area contributed by atoms with Crippen LogP contribution in [0.2, 0.25) is 0 Å². The van der Waals surface area contributed by atoms with Gasteiger partial charge in [-0.3, -0.25) is 4.90 Å². The Labute approximate surface area is 99.3 Å². The normalized spacial score (nSPS) is 34.9. The molecule has 2 aliphatic heterocycles. The Balaban J connectivity index is 1.91. The van der Waals surface area contributed by atoms with Crippen LogP contribution in [0.3, 0.4) is 0 Å². The molecule has 16 heavy (non-hydrogen) atoms. The molecule has 2 fully saturated rings. The third kappa shape index (κ3) is 2.96. The summed E-state index contributed by atoms with van der Waals surface area (Å²) in [5, 5.41) is 0. The highest BCUT2D eigenvalue weighted by molar-refractivity contribution is 4.84. The number of ether oxygens (including phenoxy) is 1. The lowest BCUT2D eigenvalue weighted by molar-refractivity contribution is 0.00109. The van der Waals surface area contributed by atoms with Gasteiger partial charge in [0.25, 0.3) is 0 Å². The monoisotopic (exact) mass is 226 g/mol. The first-order valence-corrected chi connectivity index (χ1v) is 6.83. The fourth-order valence-corrected chi connectivity index (χ4v) is 3.24. The number of piperidine rings is 1. The van der Waals surface area contributed by atoms with Gasteiger partial charge in [-0.15, -0.1) is 0 Å². The van der Waals surface area contributed by atoms with Crippen LogP contribution in [-0.2, 0) is 4.74 Å². The fraction of sp³-hybridized carbons (Fsp3) is 1.00. The summed E-state index contributed by atoms with van der Waals surface area (Å²) >= 11 is 0. The lowest BCUT2D eigenvalue weighted by atomic mass is 9.89. The molecule has 3 heteroatoms. The zero-order chi connectivity index (χ0) is 11.4. The third-order valence-corrected chi connectivity index (χ3v) is 4.14. The number of hydrogen-bond donors (Lipinski definition) is 1. The lowest BCUT2D eigenvalue weighted by Crippen LogP contribution is -2.51. The maximum atomic E-state index is 5.98. The maximum Gasteiger partial charge on any atom is 0.0509 e. The summed E-state index contributed by atoms with van der Waals surface area (Å²) < 4.78 is 5.60. The topological polar surface area (TPSA) is 38.5 Å². The Morgan fingerprint density at radius 3 is 2.88 bits per heavy atom. The van der Waals surface area contributed by atoms with E-state index in [0.717, 1.165) is 25.7 Å². The highest BCUT2D eigenvalue weighted by Crippen LogP contribution is 2.25. The number of nitrogens with zero attached hydrogens (tertiary/aromatic N) is 1. The molecule has 0 aromatic rings. The highest BCUT2D eigenvalue weighted by atomic mass is 16.5. The summed E-state index contributed by atoms with van der Waals surface area (Å²) in [6.07, 6.45) is 5.23. The predicted octanol–water partition coefficient (Wildman–Crippen LogP) is 1.47. The van der Waals surface area contributed by atoms with Gasteiger partial charge >= 0.3 is 0 Å². The van der Waals surface area contributed by atoms with Gasteiger partial charge in [-0.2, -0.15) is 0 Å². The van der Waals surface area contributed by atoms with Crippen molar-refractivity contribution in [3.8, 4) is 0 Å². The second-order valence-corrected chi connectivity index (χ2v) is 5.52. The highest BCUT2D eigenvalue weighted by Gasteiger charge is 2.30. The van der Waals surface area contributed by atoms with Gasteiger partial charge in [0.05, 0.1) is 6.61 Å². The molecule has 2 aliphatic rings. The van der Waals surface area contributed by atoms with Crippen molar-refractivity contribution in [2.24, 2.45) is 17.6 Å². The molecular weight excluding hydrogens is 200 g/mol. The summed E-state index contributed by atoms with van der Waals surface area (Å²) in [4.78, 5) is 2.62. The number of nitrogens with two attached hydrogens (primary N) is 1. The van der Waals surface area contributed by atoms with Crippen LogP contribution < -0.4 is 5.73 Å². The van der Waals surface area contributed by atoms with Crippen LogP contribution in [0.4, 0.5) is 0 Å². The quantitative estimate of drug-likeness (QED) is 0.792. The Bertz CT molecular complexity index is 204. The molecular formula is C13H26N2O. The van der Waals surface area contributed by atoms with Gasteiger partial charge in [-0.1, -0.05) is 6.92 Å². The summed E-state index contributed by atoms with van der Waals surface area (Å²) in [7, 11) is 0. The van der Waals surface area contributed by atoms with E-state index in [4.69, 9.17) is 10.5 Å². The van der Waals surface area contributed by atoms with Gasteiger partial charge in [0.2, 0.25) is 0 Å². The van der Waals surface area contributed by atoms with Crippen molar-refractivity contribution >= 4 is 0 Å². The second kappa shape index (κ2) is 5.99. The zero-order valence-electron chi connectivity index (χ0n) is 10.5. The minimum Gasteiger partial charge on any atom is -0.381 e. The largest absolute Gasteiger partial charge is 0.381 e. The van der Waals surface area contributed by atoms with E-state index in [1.165, 1.54) is 38.8 Å². The van der Waals surface area contributed by atoms with E-state index in [2.05, 4.69) is 11.8 Å². The summed E-state index contributed by atoms with van der Waals surface area (Å²) in [5.41, 5.74) is 5.98. The molecule has 0 aliphatic carbocycles. The van der Waals surface area contributed by atoms with Gasteiger partial charge < -0.3 is 10.5 Å². The minimum atomic E-state index is 0.558. The van der Waals surface area contributed by atoms with Crippen LogP contribution in [0.15, 0.2) is 0 Å². The molecule has 3 nitrogen and oxygen atoms in total. The number of likely N-dealkylation sites (tertiary alicyclic amines) is 1.